The third-order valence-electron chi connectivity index (χ3n) is 3.42. The molecule has 0 radical (unpaired) electrons. The number of thioether (sulfide) groups is 1. The number of carboxylic acids is 1. The molecule has 3 nitrogen and oxygen atoms in total. The van der Waals surface area contributed by atoms with Gasteiger partial charge in [-0.15, -0.1) is 11.8 Å². The van der Waals surface area contributed by atoms with Gasteiger partial charge in [0.2, 0.25) is 0 Å². The average molecular weight is 248 g/mol. The van der Waals surface area contributed by atoms with Gasteiger partial charge < -0.3 is 10.2 Å². The third-order valence-corrected chi connectivity index (χ3v) is 10.0. The highest BCUT2D eigenvalue weighted by atomic mass is 32.2. The van der Waals surface area contributed by atoms with E-state index in [9.17, 15) is 15.0 Å². The van der Waals surface area contributed by atoms with Crippen LogP contribution in [0, 0.1) is 0 Å². The summed E-state index contributed by atoms with van der Waals surface area (Å²) in [5.74, 6) is -0.753. The largest absolute Gasteiger partial charge is 0.480 e. The quantitative estimate of drug-likeness (QED) is 0.734. The Morgan fingerprint density at radius 3 is 2.07 bits per heavy atom. The van der Waals surface area contributed by atoms with Gasteiger partial charge in [-0.25, -0.2) is 0 Å². The van der Waals surface area contributed by atoms with Crippen LogP contribution in [0.3, 0.4) is 0 Å². The Morgan fingerprint density at radius 1 is 1.47 bits per heavy atom. The van der Waals surface area contributed by atoms with Crippen LogP contribution in [-0.4, -0.2) is 39.5 Å². The van der Waals surface area contributed by atoms with E-state index < -0.39 is 24.0 Å². The molecule has 0 saturated carbocycles. The lowest BCUT2D eigenvalue weighted by molar-refractivity contribution is -0.138. The third kappa shape index (κ3) is 1.97. The predicted octanol–water partition coefficient (Wildman–Crippen LogP) is 1.96. The van der Waals surface area contributed by atoms with Crippen LogP contribution in [-0.2, 0) is 4.79 Å². The van der Waals surface area contributed by atoms with E-state index in [0.717, 1.165) is 0 Å². The second-order valence-electron chi connectivity index (χ2n) is 5.68. The average Bonchev–Trinajstić information content (AvgIpc) is 2.22. The molecule has 0 amide bonds. The maximum Gasteiger partial charge on any atom is 0.316 e. The SMILES string of the molecule is CC1SC(C(=O)O)([Si](C)(C)C)CC1(C)O. The maximum atomic E-state index is 11.5. The maximum absolute atomic E-state index is 11.5. The highest BCUT2D eigenvalue weighted by molar-refractivity contribution is 8.04. The fourth-order valence-corrected chi connectivity index (χ4v) is 6.90. The highest BCUT2D eigenvalue weighted by Crippen LogP contribution is 2.53. The molecule has 1 fully saturated rings. The molecule has 3 unspecified atom stereocenters. The van der Waals surface area contributed by atoms with Crippen LogP contribution < -0.4 is 0 Å². The molecule has 0 bridgehead atoms. The van der Waals surface area contributed by atoms with Gasteiger partial charge >= 0.3 is 5.97 Å². The summed E-state index contributed by atoms with van der Waals surface area (Å²) in [7, 11) is -1.86. The Kier molecular flexibility index (Phi) is 3.05. The molecule has 0 spiro atoms. The summed E-state index contributed by atoms with van der Waals surface area (Å²) in [4.78, 5) is 11.5. The fourth-order valence-electron chi connectivity index (χ4n) is 2.01. The van der Waals surface area contributed by atoms with E-state index in [1.54, 1.807) is 6.92 Å². The van der Waals surface area contributed by atoms with Gasteiger partial charge in [-0.3, -0.25) is 4.79 Å². The fraction of sp³-hybridized carbons (Fsp3) is 0.900. The summed E-state index contributed by atoms with van der Waals surface area (Å²) in [6.45, 7) is 9.83. The molecule has 1 rings (SSSR count). The second kappa shape index (κ2) is 3.50. The predicted molar refractivity (Wildman–Crippen MR) is 66.0 cm³/mol. The van der Waals surface area contributed by atoms with E-state index in [2.05, 4.69) is 19.6 Å². The molecule has 88 valence electrons. The number of rotatable bonds is 2. The number of carbonyl (C=O) groups is 1. The zero-order valence-corrected chi connectivity index (χ0v) is 11.8. The Hall–Kier alpha value is -0.00312. The van der Waals surface area contributed by atoms with Gasteiger partial charge in [0.25, 0.3) is 0 Å². The summed E-state index contributed by atoms with van der Waals surface area (Å²) in [6.07, 6.45) is 0.372. The number of aliphatic carboxylic acids is 1. The van der Waals surface area contributed by atoms with Crippen molar-refractivity contribution in [3.63, 3.8) is 0 Å². The van der Waals surface area contributed by atoms with Crippen LogP contribution in [0.4, 0.5) is 0 Å². The van der Waals surface area contributed by atoms with Crippen LogP contribution in [0.2, 0.25) is 19.6 Å². The van der Waals surface area contributed by atoms with Crippen molar-refractivity contribution in [2.45, 2.75) is 55.1 Å². The van der Waals surface area contributed by atoms with E-state index in [-0.39, 0.29) is 5.25 Å². The van der Waals surface area contributed by atoms with Gasteiger partial charge in [-0.2, -0.15) is 0 Å². The van der Waals surface area contributed by atoms with Crippen molar-refractivity contribution < 1.29 is 15.0 Å². The smallest absolute Gasteiger partial charge is 0.316 e. The van der Waals surface area contributed by atoms with E-state index >= 15 is 0 Å². The molecule has 0 aromatic rings. The van der Waals surface area contributed by atoms with Gasteiger partial charge in [-0.1, -0.05) is 26.6 Å². The first-order chi connectivity index (χ1) is 6.53. The van der Waals surface area contributed by atoms with Gasteiger partial charge in [-0.05, 0) is 13.3 Å². The van der Waals surface area contributed by atoms with Crippen LogP contribution in [0.5, 0.6) is 0 Å². The number of carboxylic acid groups (broad SMARTS) is 1. The van der Waals surface area contributed by atoms with Crippen molar-refractivity contribution in [2.75, 3.05) is 0 Å². The van der Waals surface area contributed by atoms with Crippen LogP contribution in [0.25, 0.3) is 0 Å². The van der Waals surface area contributed by atoms with Gasteiger partial charge in [0, 0.05) is 5.25 Å². The lowest BCUT2D eigenvalue weighted by Crippen LogP contribution is -2.55. The molecule has 5 heteroatoms. The molecule has 0 aliphatic carbocycles. The molecular formula is C10H20O3SSi. The minimum atomic E-state index is -1.86. The molecular weight excluding hydrogens is 228 g/mol. The second-order valence-corrected chi connectivity index (χ2v) is 13.0. The van der Waals surface area contributed by atoms with E-state index in [4.69, 9.17) is 0 Å². The van der Waals surface area contributed by atoms with Crippen molar-refractivity contribution in [3.05, 3.63) is 0 Å². The summed E-state index contributed by atoms with van der Waals surface area (Å²) < 4.78 is -0.740. The van der Waals surface area contributed by atoms with Crippen molar-refractivity contribution >= 4 is 25.8 Å². The van der Waals surface area contributed by atoms with E-state index in [1.165, 1.54) is 11.8 Å². The van der Waals surface area contributed by atoms with E-state index in [0.29, 0.717) is 6.42 Å². The zero-order chi connectivity index (χ0) is 12.1. The summed E-state index contributed by atoms with van der Waals surface area (Å²) in [6, 6.07) is 0. The summed E-state index contributed by atoms with van der Waals surface area (Å²) in [5, 5.41) is 19.6. The minimum absolute atomic E-state index is 0.0136. The van der Waals surface area contributed by atoms with Crippen molar-refractivity contribution in [1.29, 1.82) is 0 Å². The Morgan fingerprint density at radius 2 is 1.93 bits per heavy atom. The lowest BCUT2D eigenvalue weighted by atomic mass is 9.97. The molecule has 2 N–H and O–H groups in total. The summed E-state index contributed by atoms with van der Waals surface area (Å²) in [5.41, 5.74) is -0.858. The molecule has 1 aliphatic heterocycles. The van der Waals surface area contributed by atoms with Crippen LogP contribution in [0.15, 0.2) is 0 Å². The number of hydrogen-bond donors (Lipinski definition) is 2. The number of hydrogen-bond acceptors (Lipinski definition) is 3. The highest BCUT2D eigenvalue weighted by Gasteiger charge is 2.61. The molecule has 1 saturated heterocycles. The Bertz CT molecular complexity index is 285. The first-order valence-electron chi connectivity index (χ1n) is 5.16. The van der Waals surface area contributed by atoms with E-state index in [1.807, 2.05) is 6.92 Å². The molecule has 1 heterocycles. The number of aliphatic hydroxyl groups is 1. The first-order valence-corrected chi connectivity index (χ1v) is 9.54. The first kappa shape index (κ1) is 13.1. The molecule has 1 aliphatic rings. The molecule has 15 heavy (non-hydrogen) atoms. The van der Waals surface area contributed by atoms with Gasteiger partial charge in [0.15, 0.2) is 0 Å². The normalized spacial score (nSPS) is 41.9. The Balaban J connectivity index is 3.14. The lowest BCUT2D eigenvalue weighted by Gasteiger charge is -2.36. The monoisotopic (exact) mass is 248 g/mol. The van der Waals surface area contributed by atoms with Crippen molar-refractivity contribution in [2.24, 2.45) is 0 Å². The minimum Gasteiger partial charge on any atom is -0.480 e. The van der Waals surface area contributed by atoms with Crippen molar-refractivity contribution in [3.8, 4) is 0 Å². The molecule has 3 atom stereocenters. The molecule has 0 aromatic heterocycles. The van der Waals surface area contributed by atoms with Gasteiger partial charge in [0.05, 0.1) is 13.7 Å². The topological polar surface area (TPSA) is 57.5 Å². The van der Waals surface area contributed by atoms with Crippen molar-refractivity contribution in [1.82, 2.24) is 0 Å². The standard InChI is InChI=1S/C10H20O3SSi/c1-7-9(2,13)6-10(14-7,8(11)12)15(3,4)5/h7,13H,6H2,1-5H3,(H,11,12). The Labute approximate surface area is 96.3 Å². The van der Waals surface area contributed by atoms with Crippen LogP contribution in [0.1, 0.15) is 20.3 Å². The van der Waals surface area contributed by atoms with Crippen LogP contribution >= 0.6 is 11.8 Å². The zero-order valence-electron chi connectivity index (χ0n) is 10.00. The molecule has 0 aromatic carbocycles. The van der Waals surface area contributed by atoms with Gasteiger partial charge in [0.1, 0.15) is 4.37 Å². The summed E-state index contributed by atoms with van der Waals surface area (Å²) >= 11 is 1.45.